The zero-order valence-corrected chi connectivity index (χ0v) is 19.6. The molecule has 0 atom stereocenters. The van der Waals surface area contributed by atoms with Crippen molar-refractivity contribution in [1.29, 1.82) is 0 Å². The molecule has 0 N–H and O–H groups in total. The van der Waals surface area contributed by atoms with E-state index < -0.39 is 35.8 Å². The van der Waals surface area contributed by atoms with Crippen molar-refractivity contribution in [2.75, 3.05) is 0 Å². The fraction of sp³-hybridized carbons (Fsp3) is 1.00. The van der Waals surface area contributed by atoms with Crippen LogP contribution < -0.4 is 0 Å². The molecule has 1 saturated heterocycles. The second kappa shape index (κ2) is 5.11. The minimum absolute atomic E-state index is 0.186. The Morgan fingerprint density at radius 2 is 0.947 bits per heavy atom. The van der Waals surface area contributed by atoms with E-state index in [2.05, 4.69) is 67.7 Å². The normalized spacial score (nSPS) is 26.8. The molecule has 2 nitrogen and oxygen atoms in total. The van der Waals surface area contributed by atoms with E-state index in [9.17, 15) is 0 Å². The molecule has 0 aromatic carbocycles. The van der Waals surface area contributed by atoms with Crippen LogP contribution in [0.5, 0.6) is 0 Å². The van der Waals surface area contributed by atoms with Gasteiger partial charge >= 0.3 is 128 Å². The van der Waals surface area contributed by atoms with Gasteiger partial charge in [-0.05, 0) is 0 Å². The van der Waals surface area contributed by atoms with Crippen molar-refractivity contribution in [2.24, 2.45) is 0 Å². The Hall–Kier alpha value is 1.15. The quantitative estimate of drug-likeness (QED) is 0.493. The summed E-state index contributed by atoms with van der Waals surface area (Å²) >= 11 is -3.21. The summed E-state index contributed by atoms with van der Waals surface area (Å²) in [6.45, 7) is 23.7. The molecule has 5 heteroatoms. The fourth-order valence-corrected chi connectivity index (χ4v) is 44.3. The van der Waals surface area contributed by atoms with E-state index >= 15 is 0 Å². The van der Waals surface area contributed by atoms with Crippen LogP contribution in [-0.2, 0) is 5.53 Å². The third-order valence-electron chi connectivity index (χ3n) is 4.14. The van der Waals surface area contributed by atoms with Crippen molar-refractivity contribution in [3.63, 3.8) is 0 Å². The number of rotatable bonds is 0. The molecule has 0 amide bonds. The summed E-state index contributed by atoms with van der Waals surface area (Å²) in [7, 11) is -3.16. The second-order valence-electron chi connectivity index (χ2n) is 9.34. The standard InChI is InChI=1S/C6H16O2Si2.2C4H9.Sn/c1-9(2,7)5-6-10(3,4)8;2*1-4(2)3;/h5-6H2,1-4H3;2*1-3H3;/q-2;;;+2. The molecule has 114 valence electrons. The van der Waals surface area contributed by atoms with Crippen LogP contribution in [0.2, 0.25) is 45.1 Å². The Labute approximate surface area is 127 Å². The monoisotopic (exact) mass is 410 g/mol. The van der Waals surface area contributed by atoms with Gasteiger partial charge in [0.05, 0.1) is 0 Å². The van der Waals surface area contributed by atoms with Gasteiger partial charge in [0.15, 0.2) is 0 Å². The molecule has 0 unspecified atom stereocenters. The Balaban J connectivity index is 3.42. The molecule has 0 aromatic heterocycles. The van der Waals surface area contributed by atoms with Crippen LogP contribution in [-0.4, -0.2) is 35.8 Å². The minimum atomic E-state index is -3.21. The zero-order chi connectivity index (χ0) is 15.3. The van der Waals surface area contributed by atoms with Gasteiger partial charge in [0, 0.05) is 0 Å². The summed E-state index contributed by atoms with van der Waals surface area (Å²) in [6.07, 6.45) is 0. The van der Waals surface area contributed by atoms with Gasteiger partial charge in [0.25, 0.3) is 0 Å². The third kappa shape index (κ3) is 3.87. The molecule has 1 heterocycles. The van der Waals surface area contributed by atoms with E-state index in [0.717, 1.165) is 0 Å². The predicted octanol–water partition coefficient (Wildman–Crippen LogP) is 5.49. The molecule has 1 fully saturated rings. The van der Waals surface area contributed by atoms with Gasteiger partial charge in [-0.1, -0.05) is 0 Å². The van der Waals surface area contributed by atoms with E-state index in [1.807, 2.05) is 0 Å². The Morgan fingerprint density at radius 1 is 0.684 bits per heavy atom. The molecular formula is C14H34O2Si2Sn. The van der Waals surface area contributed by atoms with Crippen LogP contribution in [0, 0.1) is 0 Å². The van der Waals surface area contributed by atoms with E-state index in [0.29, 0.717) is 0 Å². The number of hydrogen-bond acceptors (Lipinski definition) is 2. The maximum absolute atomic E-state index is 7.01. The molecule has 19 heavy (non-hydrogen) atoms. The topological polar surface area (TPSA) is 18.5 Å². The summed E-state index contributed by atoms with van der Waals surface area (Å²) in [4.78, 5) is 0. The molecule has 1 rings (SSSR count). The Morgan fingerprint density at radius 3 is 1.16 bits per heavy atom. The molecule has 0 bridgehead atoms. The van der Waals surface area contributed by atoms with E-state index in [1.54, 1.807) is 0 Å². The molecule has 0 radical (unpaired) electrons. The van der Waals surface area contributed by atoms with Crippen molar-refractivity contribution in [2.45, 2.75) is 86.7 Å². The molecule has 0 saturated carbocycles. The first kappa shape index (κ1) is 18.2. The molecule has 1 aliphatic heterocycles. The van der Waals surface area contributed by atoms with Gasteiger partial charge in [-0.2, -0.15) is 0 Å². The predicted molar refractivity (Wildman–Crippen MR) is 91.9 cm³/mol. The molecule has 1 aliphatic rings. The van der Waals surface area contributed by atoms with Gasteiger partial charge in [0.2, 0.25) is 0 Å². The summed E-state index contributed by atoms with van der Waals surface area (Å²) < 4.78 is 14.4. The average molecular weight is 409 g/mol. The molecule has 0 aliphatic carbocycles. The van der Waals surface area contributed by atoms with Crippen molar-refractivity contribution in [3.05, 3.63) is 0 Å². The molecular weight excluding hydrogens is 375 g/mol. The van der Waals surface area contributed by atoms with Crippen molar-refractivity contribution in [3.8, 4) is 0 Å². The van der Waals surface area contributed by atoms with Crippen molar-refractivity contribution >= 4 is 35.8 Å². The summed E-state index contributed by atoms with van der Waals surface area (Å²) in [6, 6.07) is 2.55. The Bertz CT molecular complexity index is 306. The van der Waals surface area contributed by atoms with Crippen LogP contribution in [0.3, 0.4) is 0 Å². The third-order valence-corrected chi connectivity index (χ3v) is 34.9. The number of hydrogen-bond donors (Lipinski definition) is 0. The van der Waals surface area contributed by atoms with Crippen LogP contribution in [0.25, 0.3) is 0 Å². The maximum atomic E-state index is 7.01. The van der Waals surface area contributed by atoms with E-state index in [1.165, 1.54) is 12.1 Å². The van der Waals surface area contributed by atoms with Gasteiger partial charge in [-0.25, -0.2) is 0 Å². The molecule has 0 aromatic rings. The first-order valence-electron chi connectivity index (χ1n) is 7.52. The zero-order valence-electron chi connectivity index (χ0n) is 14.7. The van der Waals surface area contributed by atoms with Gasteiger partial charge in [-0.15, -0.1) is 0 Å². The first-order chi connectivity index (χ1) is 8.12. The van der Waals surface area contributed by atoms with Gasteiger partial charge < -0.3 is 0 Å². The van der Waals surface area contributed by atoms with Gasteiger partial charge in [0.1, 0.15) is 0 Å². The molecule has 0 spiro atoms. The average Bonchev–Trinajstić information content (AvgIpc) is 2.19. The first-order valence-corrected chi connectivity index (χ1v) is 18.9. The Kier molecular flexibility index (Phi) is 4.89. The van der Waals surface area contributed by atoms with Crippen LogP contribution in [0.4, 0.5) is 0 Å². The van der Waals surface area contributed by atoms with Gasteiger partial charge in [-0.3, -0.25) is 0 Å². The second-order valence-corrected chi connectivity index (χ2v) is 33.4. The fourth-order valence-electron chi connectivity index (χ4n) is 3.24. The van der Waals surface area contributed by atoms with E-state index in [4.69, 9.17) is 5.53 Å². The van der Waals surface area contributed by atoms with Crippen LogP contribution in [0.15, 0.2) is 0 Å². The summed E-state index contributed by atoms with van der Waals surface area (Å²) in [5.41, 5.74) is 0. The van der Waals surface area contributed by atoms with E-state index in [-0.39, 0.29) is 6.86 Å². The summed E-state index contributed by atoms with van der Waals surface area (Å²) in [5.74, 6) is 0. The summed E-state index contributed by atoms with van der Waals surface area (Å²) in [5, 5.41) is 0. The SMILES string of the molecule is C[C](C)(C)[Sn]1([C](C)(C)C)[O][Si](C)(C)CC[Si](C)(C)[O]1. The van der Waals surface area contributed by atoms with Crippen LogP contribution >= 0.6 is 0 Å². The van der Waals surface area contributed by atoms with Crippen molar-refractivity contribution < 1.29 is 5.53 Å². The van der Waals surface area contributed by atoms with Crippen LogP contribution in [0.1, 0.15) is 41.5 Å². The van der Waals surface area contributed by atoms with Crippen molar-refractivity contribution in [1.82, 2.24) is 0 Å².